The molecule has 0 saturated carbocycles. The van der Waals surface area contributed by atoms with E-state index in [-0.39, 0.29) is 17.1 Å². The molecule has 0 heterocycles. The van der Waals surface area contributed by atoms with Crippen LogP contribution in [0.3, 0.4) is 0 Å². The minimum absolute atomic E-state index is 0.0577. The van der Waals surface area contributed by atoms with Crippen LogP contribution in [-0.4, -0.2) is 18.2 Å². The molecule has 0 radical (unpaired) electrons. The highest BCUT2D eigenvalue weighted by atomic mass is 35.5. The number of alkyl carbamates (subject to hydrolysis) is 1. The van der Waals surface area contributed by atoms with Crippen LogP contribution in [0.15, 0.2) is 18.2 Å². The zero-order valence-corrected chi connectivity index (χ0v) is 12.2. The van der Waals surface area contributed by atoms with Crippen molar-refractivity contribution in [2.24, 2.45) is 0 Å². The van der Waals surface area contributed by atoms with Crippen molar-refractivity contribution in [1.29, 1.82) is 0 Å². The molecule has 0 aliphatic heterocycles. The molecule has 1 N–H and O–H groups in total. The van der Waals surface area contributed by atoms with Crippen molar-refractivity contribution < 1.29 is 18.3 Å². The minimum Gasteiger partial charge on any atom is -0.444 e. The van der Waals surface area contributed by atoms with Gasteiger partial charge in [-0.1, -0.05) is 23.8 Å². The van der Waals surface area contributed by atoms with Gasteiger partial charge in [-0.2, -0.15) is 0 Å². The number of carbonyl (C=O) groups excluding carboxylic acids is 1. The van der Waals surface area contributed by atoms with Crippen LogP contribution in [0.1, 0.15) is 26.3 Å². The first-order valence-corrected chi connectivity index (χ1v) is 6.35. The second kappa shape index (κ2) is 6.70. The van der Waals surface area contributed by atoms with E-state index in [2.05, 4.69) is 5.32 Å². The van der Waals surface area contributed by atoms with E-state index < -0.39 is 23.3 Å². The highest BCUT2D eigenvalue weighted by Crippen LogP contribution is 2.23. The Balaban J connectivity index is 2.59. The van der Waals surface area contributed by atoms with E-state index in [0.717, 1.165) is 12.1 Å². The Morgan fingerprint density at radius 2 is 1.95 bits per heavy atom. The third kappa shape index (κ3) is 5.17. The smallest absolute Gasteiger partial charge is 0.407 e. The normalized spacial score (nSPS) is 11.7. The Morgan fingerprint density at radius 3 is 2.55 bits per heavy atom. The molecule has 20 heavy (non-hydrogen) atoms. The molecule has 6 heteroatoms. The van der Waals surface area contributed by atoms with Crippen molar-refractivity contribution in [3.8, 4) is 0 Å². The summed E-state index contributed by atoms with van der Waals surface area (Å²) in [6.45, 7) is 5.33. The average molecular weight is 304 g/mol. The number of hydrogen-bond donors (Lipinski definition) is 1. The lowest BCUT2D eigenvalue weighted by molar-refractivity contribution is 0.0534. The summed E-state index contributed by atoms with van der Waals surface area (Å²) in [5.74, 6) is -1.34. The summed E-state index contributed by atoms with van der Waals surface area (Å²) in [4.78, 5) is 11.3. The Morgan fingerprint density at radius 1 is 1.35 bits per heavy atom. The number of ether oxygens (including phenoxy) is 1. The largest absolute Gasteiger partial charge is 0.444 e. The molecule has 0 fully saturated rings. The van der Waals surface area contributed by atoms with Crippen LogP contribution in [0.5, 0.6) is 0 Å². The third-order valence-corrected chi connectivity index (χ3v) is 2.51. The highest BCUT2D eigenvalue weighted by Gasteiger charge is 2.15. The molecule has 0 aliphatic rings. The Bertz CT molecular complexity index is 525. The van der Waals surface area contributed by atoms with Gasteiger partial charge in [0, 0.05) is 12.1 Å². The standard InChI is InChI=1S/C14H16ClF2NO2/c1-14(2,3)20-13(19)18-8-4-5-9-10(16)6-7-11(17)12(9)15/h4-7H,8H2,1-3H3,(H,18,19). The summed E-state index contributed by atoms with van der Waals surface area (Å²) < 4.78 is 31.6. The van der Waals surface area contributed by atoms with Crippen molar-refractivity contribution >= 4 is 23.8 Å². The fraction of sp³-hybridized carbons (Fsp3) is 0.357. The van der Waals surface area contributed by atoms with Crippen LogP contribution in [0, 0.1) is 11.6 Å². The molecule has 0 unspecified atom stereocenters. The molecule has 0 aliphatic carbocycles. The third-order valence-electron chi connectivity index (χ3n) is 2.13. The lowest BCUT2D eigenvalue weighted by Gasteiger charge is -2.19. The first kappa shape index (κ1) is 16.4. The number of benzene rings is 1. The van der Waals surface area contributed by atoms with Gasteiger partial charge in [-0.15, -0.1) is 0 Å². The Labute approximate surface area is 121 Å². The van der Waals surface area contributed by atoms with E-state index in [1.54, 1.807) is 20.8 Å². The van der Waals surface area contributed by atoms with Crippen molar-refractivity contribution in [3.63, 3.8) is 0 Å². The van der Waals surface area contributed by atoms with E-state index >= 15 is 0 Å². The summed E-state index contributed by atoms with van der Waals surface area (Å²) in [5.41, 5.74) is -0.649. The molecule has 1 amide bonds. The van der Waals surface area contributed by atoms with E-state index in [0.29, 0.717) is 0 Å². The Hall–Kier alpha value is -1.62. The monoisotopic (exact) mass is 303 g/mol. The van der Waals surface area contributed by atoms with E-state index in [9.17, 15) is 13.6 Å². The lowest BCUT2D eigenvalue weighted by Crippen LogP contribution is -2.32. The van der Waals surface area contributed by atoms with Crippen molar-refractivity contribution in [2.45, 2.75) is 26.4 Å². The van der Waals surface area contributed by atoms with Gasteiger partial charge in [0.05, 0.1) is 5.02 Å². The van der Waals surface area contributed by atoms with Gasteiger partial charge in [-0.3, -0.25) is 0 Å². The predicted molar refractivity (Wildman–Crippen MR) is 74.6 cm³/mol. The van der Waals surface area contributed by atoms with Crippen LogP contribution < -0.4 is 5.32 Å². The molecule has 3 nitrogen and oxygen atoms in total. The minimum atomic E-state index is -0.701. The summed E-state index contributed by atoms with van der Waals surface area (Å²) >= 11 is 5.65. The van der Waals surface area contributed by atoms with Crippen LogP contribution in [0.25, 0.3) is 6.08 Å². The maximum Gasteiger partial charge on any atom is 0.407 e. The summed E-state index contributed by atoms with van der Waals surface area (Å²) in [5, 5.41) is 2.16. The average Bonchev–Trinajstić information content (AvgIpc) is 2.31. The number of rotatable bonds is 3. The number of nitrogens with one attached hydrogen (secondary N) is 1. The van der Waals surface area contributed by atoms with Gasteiger partial charge < -0.3 is 10.1 Å². The molecule has 110 valence electrons. The van der Waals surface area contributed by atoms with Gasteiger partial charge in [0.1, 0.15) is 17.2 Å². The number of hydrogen-bond acceptors (Lipinski definition) is 2. The second-order valence-electron chi connectivity index (χ2n) is 5.04. The van der Waals surface area contributed by atoms with Crippen molar-refractivity contribution in [1.82, 2.24) is 5.32 Å². The molecule has 0 bridgehead atoms. The fourth-order valence-corrected chi connectivity index (χ4v) is 1.55. The van der Waals surface area contributed by atoms with Gasteiger partial charge in [-0.05, 0) is 32.9 Å². The first-order chi connectivity index (χ1) is 9.20. The predicted octanol–water partition coefficient (Wildman–Crippen LogP) is 4.16. The van der Waals surface area contributed by atoms with Gasteiger partial charge in [-0.25, -0.2) is 13.6 Å². The lowest BCUT2D eigenvalue weighted by atomic mass is 10.2. The maximum atomic E-state index is 13.4. The van der Waals surface area contributed by atoms with E-state index in [1.165, 1.54) is 12.2 Å². The highest BCUT2D eigenvalue weighted by molar-refractivity contribution is 6.32. The summed E-state index contributed by atoms with van der Waals surface area (Å²) in [6.07, 6.45) is 2.17. The molecule has 0 atom stereocenters. The van der Waals surface area contributed by atoms with Gasteiger partial charge in [0.25, 0.3) is 0 Å². The number of carbonyl (C=O) groups is 1. The van der Waals surface area contributed by atoms with Crippen LogP contribution >= 0.6 is 11.6 Å². The topological polar surface area (TPSA) is 38.3 Å². The fourth-order valence-electron chi connectivity index (χ4n) is 1.33. The molecule has 1 aromatic rings. The SMILES string of the molecule is CC(C)(C)OC(=O)NCC=Cc1c(F)ccc(F)c1Cl. The first-order valence-electron chi connectivity index (χ1n) is 5.97. The molecular weight excluding hydrogens is 288 g/mol. The molecule has 1 aromatic carbocycles. The quantitative estimate of drug-likeness (QED) is 0.852. The van der Waals surface area contributed by atoms with Gasteiger partial charge >= 0.3 is 6.09 Å². The molecule has 0 aromatic heterocycles. The molecular formula is C14H16ClF2NO2. The van der Waals surface area contributed by atoms with Gasteiger partial charge in [0.2, 0.25) is 0 Å². The van der Waals surface area contributed by atoms with Crippen LogP contribution in [0.4, 0.5) is 13.6 Å². The van der Waals surface area contributed by atoms with E-state index in [4.69, 9.17) is 16.3 Å². The maximum absolute atomic E-state index is 13.4. The second-order valence-corrected chi connectivity index (χ2v) is 5.42. The van der Waals surface area contributed by atoms with E-state index in [1.807, 2.05) is 0 Å². The van der Waals surface area contributed by atoms with Gasteiger partial charge in [0.15, 0.2) is 0 Å². The zero-order chi connectivity index (χ0) is 15.3. The Kier molecular flexibility index (Phi) is 5.51. The van der Waals surface area contributed by atoms with Crippen molar-refractivity contribution in [3.05, 3.63) is 40.4 Å². The molecule has 1 rings (SSSR count). The molecule has 0 saturated heterocycles. The zero-order valence-electron chi connectivity index (χ0n) is 11.5. The van der Waals surface area contributed by atoms with Crippen LogP contribution in [0.2, 0.25) is 5.02 Å². The number of amides is 1. The number of halogens is 3. The van der Waals surface area contributed by atoms with Crippen LogP contribution in [-0.2, 0) is 4.74 Å². The van der Waals surface area contributed by atoms with Crippen molar-refractivity contribution in [2.75, 3.05) is 6.54 Å². The molecule has 0 spiro atoms. The summed E-state index contributed by atoms with van der Waals surface area (Å²) in [7, 11) is 0. The summed E-state index contributed by atoms with van der Waals surface area (Å²) in [6, 6.07) is 1.94.